The second-order valence-corrected chi connectivity index (χ2v) is 11.2. The van der Waals surface area contributed by atoms with Gasteiger partial charge in [0.05, 0.1) is 12.1 Å². The highest BCUT2D eigenvalue weighted by molar-refractivity contribution is 5.92. The summed E-state index contributed by atoms with van der Waals surface area (Å²) in [5.74, 6) is -1.86. The molecule has 0 aliphatic carbocycles. The number of likely N-dealkylation sites (tertiary alicyclic amines) is 1. The first-order valence-electron chi connectivity index (χ1n) is 14.4. The van der Waals surface area contributed by atoms with E-state index in [9.17, 15) is 18.4 Å². The molecule has 1 amide bonds. The third-order valence-corrected chi connectivity index (χ3v) is 8.17. The number of benzene rings is 3. The summed E-state index contributed by atoms with van der Waals surface area (Å²) in [5.41, 5.74) is 4.61. The molecule has 5 rings (SSSR count). The van der Waals surface area contributed by atoms with Gasteiger partial charge in [-0.3, -0.25) is 9.80 Å². The summed E-state index contributed by atoms with van der Waals surface area (Å²) in [5, 5.41) is 9.15. The molecular weight excluding hydrogens is 526 g/mol. The van der Waals surface area contributed by atoms with Gasteiger partial charge < -0.3 is 9.84 Å². The van der Waals surface area contributed by atoms with Crippen molar-refractivity contribution in [2.24, 2.45) is 0 Å². The molecule has 0 atom stereocenters. The summed E-state index contributed by atoms with van der Waals surface area (Å²) in [6.07, 6.45) is 4.32. The number of hydrogen-bond donors (Lipinski definition) is 1. The minimum Gasteiger partial charge on any atom is -0.478 e. The fourth-order valence-electron chi connectivity index (χ4n) is 6.14. The van der Waals surface area contributed by atoms with E-state index in [-0.39, 0.29) is 5.56 Å². The average molecular weight is 563 g/mol. The normalized spacial score (nSPS) is 16.8. The van der Waals surface area contributed by atoms with Crippen LogP contribution in [-0.4, -0.2) is 47.3 Å². The zero-order chi connectivity index (χ0) is 29.1. The molecule has 2 saturated heterocycles. The van der Waals surface area contributed by atoms with Gasteiger partial charge in [-0.15, -0.1) is 0 Å². The first-order valence-corrected chi connectivity index (χ1v) is 14.4. The van der Waals surface area contributed by atoms with Crippen LogP contribution in [-0.2, 0) is 24.1 Å². The van der Waals surface area contributed by atoms with Gasteiger partial charge in [-0.05, 0) is 77.6 Å². The summed E-state index contributed by atoms with van der Waals surface area (Å²) >= 11 is 0. The van der Waals surface area contributed by atoms with E-state index < -0.39 is 29.3 Å². The molecule has 2 aliphatic heterocycles. The van der Waals surface area contributed by atoms with Crippen LogP contribution in [0.3, 0.4) is 0 Å². The van der Waals surface area contributed by atoms with Gasteiger partial charge in [0.1, 0.15) is 17.2 Å². The largest absolute Gasteiger partial charge is 0.478 e. The zero-order valence-electron chi connectivity index (χ0n) is 23.6. The molecule has 2 fully saturated rings. The van der Waals surface area contributed by atoms with Crippen molar-refractivity contribution >= 4 is 17.7 Å². The number of carbonyl (C=O) groups is 2. The molecule has 0 radical (unpaired) electrons. The van der Waals surface area contributed by atoms with Gasteiger partial charge in [0, 0.05) is 43.7 Å². The first kappa shape index (κ1) is 28.7. The maximum atomic E-state index is 14.9. The number of aryl methyl sites for hydroxylation is 2. The number of nitrogens with zero attached hydrogens (tertiary/aromatic N) is 2. The number of piperidine rings is 1. The zero-order valence-corrected chi connectivity index (χ0v) is 23.6. The van der Waals surface area contributed by atoms with Gasteiger partial charge in [0.15, 0.2) is 0 Å². The van der Waals surface area contributed by atoms with Crippen molar-refractivity contribution in [2.75, 3.05) is 24.5 Å². The van der Waals surface area contributed by atoms with Gasteiger partial charge in [-0.2, -0.15) is 0 Å². The molecule has 0 aromatic heterocycles. The van der Waals surface area contributed by atoms with E-state index in [4.69, 9.17) is 9.84 Å². The van der Waals surface area contributed by atoms with E-state index in [1.807, 2.05) is 0 Å². The van der Waals surface area contributed by atoms with Crippen LogP contribution in [0.15, 0.2) is 54.6 Å². The molecule has 3 aromatic rings. The van der Waals surface area contributed by atoms with Crippen molar-refractivity contribution in [3.63, 3.8) is 0 Å². The number of anilines is 1. The molecule has 3 aromatic carbocycles. The average Bonchev–Trinajstić information content (AvgIpc) is 3.27. The van der Waals surface area contributed by atoms with Crippen LogP contribution >= 0.6 is 0 Å². The highest BCUT2D eigenvalue weighted by Crippen LogP contribution is 2.37. The number of halogens is 2. The van der Waals surface area contributed by atoms with E-state index in [0.717, 1.165) is 73.6 Å². The van der Waals surface area contributed by atoms with Crippen LogP contribution in [0.5, 0.6) is 0 Å². The first-order chi connectivity index (χ1) is 19.7. The highest BCUT2D eigenvalue weighted by Gasteiger charge is 2.47. The molecule has 1 spiro atoms. The predicted octanol–water partition coefficient (Wildman–Crippen LogP) is 7.23. The molecule has 1 N–H and O–H groups in total. The molecule has 8 heteroatoms. The number of ether oxygens (including phenoxy) is 1. The molecule has 216 valence electrons. The van der Waals surface area contributed by atoms with Crippen LogP contribution in [0.1, 0.15) is 66.6 Å². The van der Waals surface area contributed by atoms with E-state index in [2.05, 4.69) is 30.9 Å². The molecule has 6 nitrogen and oxygen atoms in total. The topological polar surface area (TPSA) is 70.1 Å². The Morgan fingerprint density at radius 3 is 2.17 bits per heavy atom. The summed E-state index contributed by atoms with van der Waals surface area (Å²) in [4.78, 5) is 27.9. The Kier molecular flexibility index (Phi) is 8.40. The molecule has 41 heavy (non-hydrogen) atoms. The quantitative estimate of drug-likeness (QED) is 0.298. The van der Waals surface area contributed by atoms with Crippen LogP contribution in [0.2, 0.25) is 0 Å². The fourth-order valence-corrected chi connectivity index (χ4v) is 6.14. The maximum absolute atomic E-state index is 14.9. The van der Waals surface area contributed by atoms with Crippen molar-refractivity contribution in [1.82, 2.24) is 4.90 Å². The van der Waals surface area contributed by atoms with Gasteiger partial charge in [0.2, 0.25) is 0 Å². The lowest BCUT2D eigenvalue weighted by Gasteiger charge is -2.37. The Labute approximate surface area is 239 Å². The van der Waals surface area contributed by atoms with Crippen molar-refractivity contribution in [1.29, 1.82) is 0 Å². The second-order valence-electron chi connectivity index (χ2n) is 11.2. The summed E-state index contributed by atoms with van der Waals surface area (Å²) in [6, 6.07) is 14.2. The number of carboxylic acids is 1. The standard InChI is InChI=1S/C33H36F2N2O4/c1-3-5-24-17-22(18-25(6-4-2)30(24)28-19-26(34)9-12-29(28)35)20-36-15-13-33(14-16-36)21-37(32(40)41-33)27-10-7-23(8-11-27)31(38)39/h7-12,17-19H,3-6,13-16,20-21H2,1-2H3,(H,38,39). The Morgan fingerprint density at radius 1 is 0.951 bits per heavy atom. The number of aromatic carboxylic acids is 1. The van der Waals surface area contributed by atoms with E-state index in [0.29, 0.717) is 30.6 Å². The van der Waals surface area contributed by atoms with Gasteiger partial charge in [-0.25, -0.2) is 18.4 Å². The number of amides is 1. The Morgan fingerprint density at radius 2 is 1.59 bits per heavy atom. The SMILES string of the molecule is CCCc1cc(CN2CCC3(CC2)CN(c2ccc(C(=O)O)cc2)C(=O)O3)cc(CCC)c1-c1cc(F)ccc1F. The molecule has 0 saturated carbocycles. The second kappa shape index (κ2) is 12.0. The lowest BCUT2D eigenvalue weighted by atomic mass is 9.87. The van der Waals surface area contributed by atoms with Crippen molar-refractivity contribution in [3.8, 4) is 11.1 Å². The number of carboxylic acid groups (broad SMARTS) is 1. The molecular formula is C33H36F2N2O4. The number of carbonyl (C=O) groups excluding carboxylic acids is 1. The van der Waals surface area contributed by atoms with Crippen molar-refractivity contribution in [2.45, 2.75) is 64.5 Å². The number of hydrogen-bond acceptors (Lipinski definition) is 4. The van der Waals surface area contributed by atoms with Crippen LogP contribution in [0, 0.1) is 11.6 Å². The lowest BCUT2D eigenvalue weighted by Crippen LogP contribution is -2.46. The predicted molar refractivity (Wildman–Crippen MR) is 154 cm³/mol. The van der Waals surface area contributed by atoms with Gasteiger partial charge in [0.25, 0.3) is 0 Å². The minimum atomic E-state index is -1.01. The van der Waals surface area contributed by atoms with Gasteiger partial charge >= 0.3 is 12.1 Å². The summed E-state index contributed by atoms with van der Waals surface area (Å²) in [6.45, 7) is 6.85. The Bertz CT molecular complexity index is 1400. The Hall–Kier alpha value is -3.78. The van der Waals surface area contributed by atoms with E-state index in [1.165, 1.54) is 24.3 Å². The molecule has 0 unspecified atom stereocenters. The summed E-state index contributed by atoms with van der Waals surface area (Å²) in [7, 11) is 0. The smallest absolute Gasteiger partial charge is 0.415 e. The number of rotatable bonds is 9. The summed E-state index contributed by atoms with van der Waals surface area (Å²) < 4.78 is 34.9. The minimum absolute atomic E-state index is 0.169. The maximum Gasteiger partial charge on any atom is 0.415 e. The third kappa shape index (κ3) is 6.12. The van der Waals surface area contributed by atoms with Crippen LogP contribution in [0.25, 0.3) is 11.1 Å². The third-order valence-electron chi connectivity index (χ3n) is 8.17. The van der Waals surface area contributed by atoms with Crippen LogP contribution < -0.4 is 4.90 Å². The molecule has 0 bridgehead atoms. The van der Waals surface area contributed by atoms with E-state index >= 15 is 0 Å². The van der Waals surface area contributed by atoms with Crippen molar-refractivity contribution < 1.29 is 28.2 Å². The Balaban J connectivity index is 1.31. The fraction of sp³-hybridized carbons (Fsp3) is 0.394. The lowest BCUT2D eigenvalue weighted by molar-refractivity contribution is -0.000989. The molecule has 2 heterocycles. The monoisotopic (exact) mass is 562 g/mol. The van der Waals surface area contributed by atoms with Crippen LogP contribution in [0.4, 0.5) is 19.3 Å². The van der Waals surface area contributed by atoms with E-state index in [1.54, 1.807) is 17.0 Å². The van der Waals surface area contributed by atoms with Gasteiger partial charge in [-0.1, -0.05) is 38.8 Å². The highest BCUT2D eigenvalue weighted by atomic mass is 19.1. The van der Waals surface area contributed by atoms with Crippen molar-refractivity contribution in [3.05, 3.63) is 88.5 Å². The molecule has 2 aliphatic rings.